The summed E-state index contributed by atoms with van der Waals surface area (Å²) in [6.07, 6.45) is 1.48. The van der Waals surface area contributed by atoms with Gasteiger partial charge in [0, 0.05) is 7.05 Å². The van der Waals surface area contributed by atoms with Crippen LogP contribution in [0.5, 0.6) is 0 Å². The molecular formula is C9H8ClFN4O. The number of alkyl halides is 1. The van der Waals surface area contributed by atoms with Crippen molar-refractivity contribution in [2.24, 2.45) is 7.05 Å². The third kappa shape index (κ3) is 1.23. The average Bonchev–Trinajstić information content (AvgIpc) is 2.53. The highest BCUT2D eigenvalue weighted by Crippen LogP contribution is 2.34. The predicted molar refractivity (Wildman–Crippen MR) is 54.9 cm³/mol. The Hall–Kier alpha value is -1.27. The fraction of sp³-hybridized carbons (Fsp3) is 0.444. The van der Waals surface area contributed by atoms with Gasteiger partial charge in [-0.05, 0) is 11.6 Å². The summed E-state index contributed by atoms with van der Waals surface area (Å²) in [7, 11) is 1.70. The van der Waals surface area contributed by atoms with Crippen LogP contribution in [0, 0.1) is 0 Å². The molecule has 0 amide bonds. The van der Waals surface area contributed by atoms with E-state index in [0.717, 1.165) is 0 Å². The van der Waals surface area contributed by atoms with Crippen LogP contribution < -0.4 is 0 Å². The van der Waals surface area contributed by atoms with E-state index in [1.807, 2.05) is 0 Å². The minimum absolute atomic E-state index is 0.0331. The minimum atomic E-state index is -1.51. The van der Waals surface area contributed by atoms with Crippen LogP contribution in [0.1, 0.15) is 5.82 Å². The lowest BCUT2D eigenvalue weighted by molar-refractivity contribution is -0.141. The Morgan fingerprint density at radius 3 is 2.88 bits per heavy atom. The van der Waals surface area contributed by atoms with Gasteiger partial charge in [-0.15, -0.1) is 0 Å². The van der Waals surface area contributed by atoms with Crippen LogP contribution in [0.4, 0.5) is 4.39 Å². The Bertz CT molecular complexity index is 566. The molecule has 0 atom stereocenters. The third-order valence-corrected chi connectivity index (χ3v) is 2.83. The average molecular weight is 243 g/mol. The fourth-order valence-corrected chi connectivity index (χ4v) is 1.90. The molecule has 0 unspecified atom stereocenters. The van der Waals surface area contributed by atoms with Crippen molar-refractivity contribution in [3.05, 3.63) is 17.3 Å². The van der Waals surface area contributed by atoms with Crippen LogP contribution in [-0.2, 0) is 17.5 Å². The summed E-state index contributed by atoms with van der Waals surface area (Å²) >= 11 is 5.68. The number of imidazole rings is 1. The molecule has 1 aliphatic heterocycles. The summed E-state index contributed by atoms with van der Waals surface area (Å²) < 4.78 is 20.6. The first-order valence-corrected chi connectivity index (χ1v) is 5.10. The predicted octanol–water partition coefficient (Wildman–Crippen LogP) is 1.21. The van der Waals surface area contributed by atoms with E-state index >= 15 is 0 Å². The number of halogens is 2. The molecular weight excluding hydrogens is 235 g/mol. The third-order valence-electron chi connectivity index (χ3n) is 2.64. The van der Waals surface area contributed by atoms with Gasteiger partial charge in [-0.1, -0.05) is 0 Å². The first-order chi connectivity index (χ1) is 7.60. The van der Waals surface area contributed by atoms with E-state index in [9.17, 15) is 4.39 Å². The first-order valence-electron chi connectivity index (χ1n) is 4.72. The smallest absolute Gasteiger partial charge is 0.224 e. The number of aryl methyl sites for hydroxylation is 1. The second-order valence-electron chi connectivity index (χ2n) is 3.80. The number of hydrogen-bond donors (Lipinski definition) is 0. The summed E-state index contributed by atoms with van der Waals surface area (Å²) in [5.41, 5.74) is -0.452. The lowest BCUT2D eigenvalue weighted by Gasteiger charge is -2.32. The van der Waals surface area contributed by atoms with Crippen molar-refractivity contribution < 1.29 is 9.13 Å². The zero-order valence-electron chi connectivity index (χ0n) is 8.44. The van der Waals surface area contributed by atoms with Crippen LogP contribution >= 0.6 is 11.6 Å². The van der Waals surface area contributed by atoms with Gasteiger partial charge in [-0.3, -0.25) is 0 Å². The van der Waals surface area contributed by atoms with Gasteiger partial charge >= 0.3 is 0 Å². The maximum Gasteiger partial charge on any atom is 0.224 e. The van der Waals surface area contributed by atoms with Crippen molar-refractivity contribution in [2.75, 3.05) is 13.2 Å². The first kappa shape index (κ1) is 9.92. The fourth-order valence-electron chi connectivity index (χ4n) is 1.77. The van der Waals surface area contributed by atoms with E-state index in [1.54, 1.807) is 11.6 Å². The molecule has 1 saturated heterocycles. The summed E-state index contributed by atoms with van der Waals surface area (Å²) in [6.45, 7) is 0.0661. The number of rotatable bonds is 1. The molecule has 7 heteroatoms. The van der Waals surface area contributed by atoms with Crippen molar-refractivity contribution in [3.63, 3.8) is 0 Å². The van der Waals surface area contributed by atoms with E-state index in [-0.39, 0.29) is 18.5 Å². The van der Waals surface area contributed by atoms with E-state index in [2.05, 4.69) is 15.0 Å². The van der Waals surface area contributed by atoms with Gasteiger partial charge < -0.3 is 9.30 Å². The highest BCUT2D eigenvalue weighted by molar-refractivity contribution is 6.28. The molecule has 3 rings (SSSR count). The molecule has 0 spiro atoms. The lowest BCUT2D eigenvalue weighted by Crippen LogP contribution is -2.44. The van der Waals surface area contributed by atoms with Gasteiger partial charge in [-0.2, -0.15) is 4.98 Å². The van der Waals surface area contributed by atoms with Crippen LogP contribution in [0.3, 0.4) is 0 Å². The largest absolute Gasteiger partial charge is 0.374 e. The minimum Gasteiger partial charge on any atom is -0.374 e. The number of aromatic nitrogens is 4. The molecule has 5 nitrogen and oxygen atoms in total. The monoisotopic (exact) mass is 242 g/mol. The summed E-state index contributed by atoms with van der Waals surface area (Å²) in [5.74, 6) is 0.310. The van der Waals surface area contributed by atoms with E-state index in [1.165, 1.54) is 6.20 Å². The van der Waals surface area contributed by atoms with Gasteiger partial charge in [0.05, 0.1) is 19.4 Å². The van der Waals surface area contributed by atoms with Crippen molar-refractivity contribution in [2.45, 2.75) is 5.67 Å². The topological polar surface area (TPSA) is 52.8 Å². The van der Waals surface area contributed by atoms with E-state index in [0.29, 0.717) is 17.0 Å². The molecule has 16 heavy (non-hydrogen) atoms. The van der Waals surface area contributed by atoms with Crippen molar-refractivity contribution >= 4 is 22.8 Å². The van der Waals surface area contributed by atoms with Crippen LogP contribution in [0.15, 0.2) is 6.20 Å². The molecule has 0 aromatic carbocycles. The van der Waals surface area contributed by atoms with Crippen molar-refractivity contribution in [3.8, 4) is 0 Å². The molecule has 84 valence electrons. The quantitative estimate of drug-likeness (QED) is 0.706. The van der Waals surface area contributed by atoms with Gasteiger partial charge in [-0.25, -0.2) is 14.4 Å². The number of nitrogens with zero attached hydrogens (tertiary/aromatic N) is 4. The maximum absolute atomic E-state index is 14.1. The Morgan fingerprint density at radius 1 is 1.50 bits per heavy atom. The lowest BCUT2D eigenvalue weighted by atomic mass is 10.0. The molecule has 0 N–H and O–H groups in total. The molecule has 0 aliphatic carbocycles. The summed E-state index contributed by atoms with van der Waals surface area (Å²) in [5, 5.41) is 0.125. The number of ether oxygens (including phenoxy) is 1. The molecule has 1 fully saturated rings. The molecule has 1 aliphatic rings. The van der Waals surface area contributed by atoms with Gasteiger partial charge in [0.15, 0.2) is 11.5 Å². The van der Waals surface area contributed by atoms with Gasteiger partial charge in [0.2, 0.25) is 11.0 Å². The summed E-state index contributed by atoms with van der Waals surface area (Å²) in [4.78, 5) is 12.0. The van der Waals surface area contributed by atoms with Crippen LogP contribution in [0.2, 0.25) is 5.28 Å². The van der Waals surface area contributed by atoms with Gasteiger partial charge in [0.1, 0.15) is 5.52 Å². The SMILES string of the molecule is Cn1c(C2(F)COC2)nc2cnc(Cl)nc21. The van der Waals surface area contributed by atoms with Gasteiger partial charge in [0.25, 0.3) is 0 Å². The zero-order chi connectivity index (χ0) is 11.3. The summed E-state index contributed by atoms with van der Waals surface area (Å²) in [6, 6.07) is 0. The standard InChI is InChI=1S/C9H8ClFN4O/c1-15-6-5(2-12-8(10)14-6)13-7(15)9(11)3-16-4-9/h2H,3-4H2,1H3. The second-order valence-corrected chi connectivity index (χ2v) is 4.14. The highest BCUT2D eigenvalue weighted by atomic mass is 35.5. The van der Waals surface area contributed by atoms with E-state index < -0.39 is 5.67 Å². The maximum atomic E-state index is 14.1. The van der Waals surface area contributed by atoms with Crippen molar-refractivity contribution in [1.29, 1.82) is 0 Å². The molecule has 2 aromatic rings. The second kappa shape index (κ2) is 3.11. The van der Waals surface area contributed by atoms with Crippen LogP contribution in [-0.4, -0.2) is 32.7 Å². The molecule has 3 heterocycles. The molecule has 0 bridgehead atoms. The number of fused-ring (bicyclic) bond motifs is 1. The highest BCUT2D eigenvalue weighted by Gasteiger charge is 2.45. The Kier molecular flexibility index (Phi) is 1.93. The molecule has 0 radical (unpaired) electrons. The normalized spacial score (nSPS) is 18.7. The van der Waals surface area contributed by atoms with Crippen LogP contribution in [0.25, 0.3) is 11.2 Å². The Labute approximate surface area is 95.2 Å². The van der Waals surface area contributed by atoms with E-state index in [4.69, 9.17) is 16.3 Å². The molecule has 2 aromatic heterocycles. The number of hydrogen-bond acceptors (Lipinski definition) is 4. The van der Waals surface area contributed by atoms with Crippen molar-refractivity contribution in [1.82, 2.24) is 19.5 Å². The molecule has 0 saturated carbocycles. The Morgan fingerprint density at radius 2 is 2.25 bits per heavy atom. The Balaban J connectivity index is 2.23. The zero-order valence-corrected chi connectivity index (χ0v) is 9.20.